The summed E-state index contributed by atoms with van der Waals surface area (Å²) in [6.45, 7) is 8.46. The summed E-state index contributed by atoms with van der Waals surface area (Å²) in [5.41, 5.74) is 5.95. The van der Waals surface area contributed by atoms with E-state index >= 15 is 0 Å². The van der Waals surface area contributed by atoms with Gasteiger partial charge < -0.3 is 9.64 Å². The minimum absolute atomic E-state index is 0.754. The van der Waals surface area contributed by atoms with Crippen molar-refractivity contribution in [2.24, 2.45) is 0 Å². The van der Waals surface area contributed by atoms with Crippen molar-refractivity contribution < 1.29 is 4.74 Å². The Kier molecular flexibility index (Phi) is 6.45. The number of aryl methyl sites for hydroxylation is 1. The van der Waals surface area contributed by atoms with E-state index in [9.17, 15) is 0 Å². The van der Waals surface area contributed by atoms with E-state index < -0.39 is 0 Å². The van der Waals surface area contributed by atoms with E-state index in [0.717, 1.165) is 56.9 Å². The molecule has 3 aromatic rings. The summed E-state index contributed by atoms with van der Waals surface area (Å²) in [5.74, 6) is 0.935. The molecule has 2 heterocycles. The maximum absolute atomic E-state index is 5.98. The number of hydrogen-bond acceptors (Lipinski definition) is 4. The lowest BCUT2D eigenvalue weighted by atomic mass is 10.0. The van der Waals surface area contributed by atoms with Crippen molar-refractivity contribution in [1.82, 2.24) is 19.5 Å². The van der Waals surface area contributed by atoms with Gasteiger partial charge in [-0.1, -0.05) is 20.3 Å². The molecule has 4 rings (SSSR count). The van der Waals surface area contributed by atoms with Gasteiger partial charge in [0.2, 0.25) is 0 Å². The van der Waals surface area contributed by atoms with Crippen LogP contribution in [0.3, 0.4) is 0 Å². The van der Waals surface area contributed by atoms with Crippen LogP contribution in [0.15, 0.2) is 36.5 Å². The van der Waals surface area contributed by atoms with Gasteiger partial charge >= 0.3 is 0 Å². The summed E-state index contributed by atoms with van der Waals surface area (Å²) in [5, 5.41) is 4.57. The fraction of sp³-hybridized carbons (Fsp3) is 0.500. The highest BCUT2D eigenvalue weighted by Gasteiger charge is 2.19. The van der Waals surface area contributed by atoms with Gasteiger partial charge in [-0.05, 0) is 69.5 Å². The number of hydrogen-bond donors (Lipinski definition) is 0. The molecule has 0 saturated carbocycles. The van der Waals surface area contributed by atoms with Gasteiger partial charge in [-0.3, -0.25) is 0 Å². The van der Waals surface area contributed by atoms with Crippen LogP contribution < -0.4 is 4.74 Å². The molecular formula is C24H32N4O. The van der Waals surface area contributed by atoms with Crippen molar-refractivity contribution in [3.63, 3.8) is 0 Å². The van der Waals surface area contributed by atoms with E-state index in [1.807, 2.05) is 16.8 Å². The molecule has 0 spiro atoms. The van der Waals surface area contributed by atoms with Gasteiger partial charge in [0.1, 0.15) is 5.75 Å². The number of nitrogens with zero attached hydrogens (tertiary/aromatic N) is 4. The number of ether oxygens (including phenoxy) is 1. The smallest absolute Gasteiger partial charge is 0.155 e. The van der Waals surface area contributed by atoms with Crippen molar-refractivity contribution in [3.8, 4) is 17.0 Å². The molecule has 1 aliphatic rings. The molecule has 0 amide bonds. The highest BCUT2D eigenvalue weighted by atomic mass is 16.5. The Balaban J connectivity index is 1.53. The van der Waals surface area contributed by atoms with E-state index in [-0.39, 0.29) is 0 Å². The van der Waals surface area contributed by atoms with E-state index in [2.05, 4.69) is 48.1 Å². The molecule has 1 aliphatic carbocycles. The van der Waals surface area contributed by atoms with Gasteiger partial charge in [0.15, 0.2) is 5.65 Å². The summed E-state index contributed by atoms with van der Waals surface area (Å²) >= 11 is 0. The number of rotatable bonds is 8. The normalized spacial score (nSPS) is 14.2. The van der Waals surface area contributed by atoms with Crippen LogP contribution >= 0.6 is 0 Å². The molecule has 5 nitrogen and oxygen atoms in total. The van der Waals surface area contributed by atoms with Gasteiger partial charge in [-0.25, -0.2) is 9.50 Å². The largest absolute Gasteiger partial charge is 0.494 e. The number of fused-ring (bicyclic) bond motifs is 2. The zero-order chi connectivity index (χ0) is 20.1. The molecule has 1 aromatic carbocycles. The van der Waals surface area contributed by atoms with Gasteiger partial charge in [0.05, 0.1) is 18.5 Å². The zero-order valence-electron chi connectivity index (χ0n) is 17.7. The second-order valence-corrected chi connectivity index (χ2v) is 7.80. The van der Waals surface area contributed by atoms with Crippen molar-refractivity contribution in [3.05, 3.63) is 47.8 Å². The zero-order valence-corrected chi connectivity index (χ0v) is 17.7. The van der Waals surface area contributed by atoms with Crippen LogP contribution in [0, 0.1) is 0 Å². The SMILES string of the molecule is CCN(CC)CCCOc1ccc(-c2c3c(nc4ccnn24)CCCCC3)cc1. The predicted molar refractivity (Wildman–Crippen MR) is 118 cm³/mol. The first-order valence-corrected chi connectivity index (χ1v) is 11.1. The van der Waals surface area contributed by atoms with E-state index in [1.54, 1.807) is 0 Å². The highest BCUT2D eigenvalue weighted by Crippen LogP contribution is 2.31. The van der Waals surface area contributed by atoms with Crippen molar-refractivity contribution in [2.75, 3.05) is 26.2 Å². The Hall–Kier alpha value is -2.40. The molecule has 0 fully saturated rings. The highest BCUT2D eigenvalue weighted by molar-refractivity contribution is 5.68. The van der Waals surface area contributed by atoms with Crippen LogP contribution in [0.25, 0.3) is 16.9 Å². The molecule has 0 aliphatic heterocycles. The minimum atomic E-state index is 0.754. The molecule has 0 saturated heterocycles. The first-order valence-electron chi connectivity index (χ1n) is 11.1. The Morgan fingerprint density at radius 1 is 1.00 bits per heavy atom. The van der Waals surface area contributed by atoms with Crippen LogP contribution in [0.5, 0.6) is 5.75 Å². The number of benzene rings is 1. The van der Waals surface area contributed by atoms with Gasteiger partial charge in [0.25, 0.3) is 0 Å². The first kappa shape index (κ1) is 19.9. The fourth-order valence-corrected chi connectivity index (χ4v) is 4.29. The van der Waals surface area contributed by atoms with E-state index in [1.165, 1.54) is 41.8 Å². The summed E-state index contributed by atoms with van der Waals surface area (Å²) in [7, 11) is 0. The molecule has 0 bridgehead atoms. The molecule has 154 valence electrons. The Bertz CT molecular complexity index is 928. The maximum atomic E-state index is 5.98. The topological polar surface area (TPSA) is 42.7 Å². The van der Waals surface area contributed by atoms with Gasteiger partial charge in [0, 0.05) is 29.4 Å². The molecule has 29 heavy (non-hydrogen) atoms. The first-order chi connectivity index (χ1) is 14.3. The summed E-state index contributed by atoms with van der Waals surface area (Å²) in [6.07, 6.45) is 8.77. The fourth-order valence-electron chi connectivity index (χ4n) is 4.29. The summed E-state index contributed by atoms with van der Waals surface area (Å²) in [4.78, 5) is 7.32. The second kappa shape index (κ2) is 9.40. The maximum Gasteiger partial charge on any atom is 0.155 e. The van der Waals surface area contributed by atoms with Gasteiger partial charge in [-0.2, -0.15) is 5.10 Å². The second-order valence-electron chi connectivity index (χ2n) is 7.80. The van der Waals surface area contributed by atoms with Crippen molar-refractivity contribution >= 4 is 5.65 Å². The monoisotopic (exact) mass is 392 g/mol. The minimum Gasteiger partial charge on any atom is -0.494 e. The van der Waals surface area contributed by atoms with E-state index in [0.29, 0.717) is 0 Å². The quantitative estimate of drug-likeness (QED) is 0.409. The van der Waals surface area contributed by atoms with Crippen molar-refractivity contribution in [1.29, 1.82) is 0 Å². The molecule has 5 heteroatoms. The van der Waals surface area contributed by atoms with Crippen LogP contribution in [0.2, 0.25) is 0 Å². The summed E-state index contributed by atoms with van der Waals surface area (Å²) < 4.78 is 7.98. The average molecular weight is 393 g/mol. The molecule has 0 radical (unpaired) electrons. The third-order valence-electron chi connectivity index (χ3n) is 5.97. The lowest BCUT2D eigenvalue weighted by Gasteiger charge is -2.18. The lowest BCUT2D eigenvalue weighted by molar-refractivity contribution is 0.249. The third kappa shape index (κ3) is 4.45. The van der Waals surface area contributed by atoms with E-state index in [4.69, 9.17) is 9.72 Å². The van der Waals surface area contributed by atoms with Gasteiger partial charge in [-0.15, -0.1) is 0 Å². The van der Waals surface area contributed by atoms with Crippen LogP contribution in [0.4, 0.5) is 0 Å². The van der Waals surface area contributed by atoms with Crippen LogP contribution in [0.1, 0.15) is 50.8 Å². The standard InChI is InChI=1S/C24H32N4O/c1-3-27(4-2)17-8-18-29-20-13-11-19(12-14-20)24-21-9-6-5-7-10-22(21)26-23-15-16-25-28(23)24/h11-16H,3-10,17-18H2,1-2H3. The van der Waals surface area contributed by atoms with Crippen molar-refractivity contribution in [2.45, 2.75) is 52.4 Å². The average Bonchev–Trinajstić information content (AvgIpc) is 3.09. The predicted octanol–water partition coefficient (Wildman–Crippen LogP) is 4.78. The molecule has 2 aromatic heterocycles. The lowest BCUT2D eigenvalue weighted by Crippen LogP contribution is -2.25. The third-order valence-corrected chi connectivity index (χ3v) is 5.97. The molecule has 0 atom stereocenters. The Labute approximate surface area is 173 Å². The molecule has 0 N–H and O–H groups in total. The van der Waals surface area contributed by atoms with Crippen LogP contribution in [-0.2, 0) is 12.8 Å². The van der Waals surface area contributed by atoms with Crippen LogP contribution in [-0.4, -0.2) is 45.7 Å². The summed E-state index contributed by atoms with van der Waals surface area (Å²) in [6, 6.07) is 10.5. The molecular weight excluding hydrogens is 360 g/mol. The Morgan fingerprint density at radius 2 is 1.79 bits per heavy atom. The molecule has 0 unspecified atom stereocenters. The Morgan fingerprint density at radius 3 is 2.59 bits per heavy atom. The number of aromatic nitrogens is 3.